The van der Waals surface area contributed by atoms with Gasteiger partial charge in [0.1, 0.15) is 6.54 Å². The van der Waals surface area contributed by atoms with E-state index in [0.29, 0.717) is 23.1 Å². The molecule has 3 rings (SSSR count). The van der Waals surface area contributed by atoms with E-state index in [1.807, 2.05) is 42.5 Å². The highest BCUT2D eigenvalue weighted by Gasteiger charge is 2.30. The van der Waals surface area contributed by atoms with Gasteiger partial charge in [0.25, 0.3) is 5.91 Å². The zero-order chi connectivity index (χ0) is 19.9. The maximum absolute atomic E-state index is 13.1. The molecule has 1 heterocycles. The first-order valence-electron chi connectivity index (χ1n) is 8.91. The number of nitrogens with one attached hydrogen (secondary N) is 1. The van der Waals surface area contributed by atoms with E-state index in [-0.39, 0.29) is 18.4 Å². The molecule has 0 unspecified atom stereocenters. The lowest BCUT2D eigenvalue weighted by Gasteiger charge is -2.29. The summed E-state index contributed by atoms with van der Waals surface area (Å²) in [5, 5.41) is 3.40. The Hall–Kier alpha value is -2.28. The summed E-state index contributed by atoms with van der Waals surface area (Å²) < 4.78 is 4.98. The molecule has 1 aliphatic rings. The van der Waals surface area contributed by atoms with Gasteiger partial charge in [0.2, 0.25) is 5.91 Å². The average Bonchev–Trinajstić information content (AvgIpc) is 2.70. The summed E-state index contributed by atoms with van der Waals surface area (Å²) in [5.41, 5.74) is 1.50. The van der Waals surface area contributed by atoms with Gasteiger partial charge < -0.3 is 10.1 Å². The number of amides is 2. The minimum Gasteiger partial charge on any atom is -0.385 e. The second kappa shape index (κ2) is 9.78. The van der Waals surface area contributed by atoms with Crippen LogP contribution in [0.5, 0.6) is 0 Å². The Morgan fingerprint density at radius 2 is 1.96 bits per heavy atom. The molecule has 1 N–H and O–H groups in total. The van der Waals surface area contributed by atoms with E-state index in [1.165, 1.54) is 16.7 Å². The van der Waals surface area contributed by atoms with Gasteiger partial charge in [0.15, 0.2) is 0 Å². The molecule has 0 spiro atoms. The van der Waals surface area contributed by atoms with Crippen LogP contribution < -0.4 is 10.2 Å². The Morgan fingerprint density at radius 1 is 1.21 bits per heavy atom. The van der Waals surface area contributed by atoms with Crippen LogP contribution in [0, 0.1) is 0 Å². The zero-order valence-corrected chi connectivity index (χ0v) is 17.1. The first-order chi connectivity index (χ1) is 13.6. The van der Waals surface area contributed by atoms with E-state index in [4.69, 9.17) is 16.3 Å². The van der Waals surface area contributed by atoms with Crippen LogP contribution in [0.2, 0.25) is 5.02 Å². The maximum atomic E-state index is 13.1. The Morgan fingerprint density at radius 3 is 2.75 bits per heavy atom. The van der Waals surface area contributed by atoms with Crippen molar-refractivity contribution in [2.24, 2.45) is 0 Å². The van der Waals surface area contributed by atoms with Gasteiger partial charge in [0.05, 0.1) is 10.6 Å². The lowest BCUT2D eigenvalue weighted by molar-refractivity contribution is -0.122. The molecule has 1 aliphatic heterocycles. The number of thioether (sulfide) groups is 1. The van der Waals surface area contributed by atoms with Crippen LogP contribution >= 0.6 is 23.4 Å². The predicted molar refractivity (Wildman–Crippen MR) is 114 cm³/mol. The first-order valence-corrected chi connectivity index (χ1v) is 10.1. The third kappa shape index (κ3) is 4.95. The number of nitrogens with zero attached hydrogens (tertiary/aromatic N) is 1. The Kier molecular flexibility index (Phi) is 7.14. The van der Waals surface area contributed by atoms with Crippen molar-refractivity contribution >= 4 is 46.9 Å². The second-order valence-electron chi connectivity index (χ2n) is 6.19. The molecule has 28 heavy (non-hydrogen) atoms. The summed E-state index contributed by atoms with van der Waals surface area (Å²) in [6.07, 6.45) is 2.50. The van der Waals surface area contributed by atoms with Crippen LogP contribution in [-0.2, 0) is 14.3 Å². The van der Waals surface area contributed by atoms with Crippen LogP contribution in [0.15, 0.2) is 58.3 Å². The lowest BCUT2D eigenvalue weighted by Crippen LogP contribution is -2.43. The molecule has 2 aromatic carbocycles. The van der Waals surface area contributed by atoms with Gasteiger partial charge in [-0.05, 0) is 36.3 Å². The summed E-state index contributed by atoms with van der Waals surface area (Å²) in [4.78, 5) is 28.4. The number of ether oxygens (including phenoxy) is 1. The molecule has 2 aromatic rings. The van der Waals surface area contributed by atoms with Gasteiger partial charge in [-0.3, -0.25) is 14.5 Å². The molecule has 0 atom stereocenters. The van der Waals surface area contributed by atoms with Crippen LogP contribution in [0.3, 0.4) is 0 Å². The molecule has 0 aromatic heterocycles. The van der Waals surface area contributed by atoms with Crippen molar-refractivity contribution in [2.75, 3.05) is 31.7 Å². The highest BCUT2D eigenvalue weighted by atomic mass is 35.5. The van der Waals surface area contributed by atoms with E-state index in [2.05, 4.69) is 5.32 Å². The number of carbonyl (C=O) groups excluding carboxylic acids is 2. The SMILES string of the molecule is COCCCNC(=O)CN1C(=O)C(=Cc2ccccc2Cl)Sc2ccccc21. The monoisotopic (exact) mass is 416 g/mol. The molecule has 5 nitrogen and oxygen atoms in total. The number of anilines is 1. The van der Waals surface area contributed by atoms with E-state index in [1.54, 1.807) is 19.3 Å². The Balaban J connectivity index is 1.83. The number of benzene rings is 2. The molecule has 146 valence electrons. The van der Waals surface area contributed by atoms with E-state index in [0.717, 1.165) is 22.6 Å². The summed E-state index contributed by atoms with van der Waals surface area (Å²) in [6, 6.07) is 14.9. The van der Waals surface area contributed by atoms with Gasteiger partial charge >= 0.3 is 0 Å². The largest absolute Gasteiger partial charge is 0.385 e. The van der Waals surface area contributed by atoms with Crippen molar-refractivity contribution in [3.63, 3.8) is 0 Å². The molecule has 0 saturated carbocycles. The van der Waals surface area contributed by atoms with E-state index in [9.17, 15) is 9.59 Å². The van der Waals surface area contributed by atoms with Crippen LogP contribution in [0.1, 0.15) is 12.0 Å². The lowest BCUT2D eigenvalue weighted by atomic mass is 10.2. The van der Waals surface area contributed by atoms with Gasteiger partial charge in [-0.25, -0.2) is 0 Å². The third-order valence-electron chi connectivity index (χ3n) is 4.17. The van der Waals surface area contributed by atoms with Crippen molar-refractivity contribution in [1.82, 2.24) is 5.32 Å². The number of hydrogen-bond donors (Lipinski definition) is 1. The van der Waals surface area contributed by atoms with Crippen LogP contribution in [0.25, 0.3) is 6.08 Å². The number of halogens is 1. The van der Waals surface area contributed by atoms with Gasteiger partial charge in [-0.1, -0.05) is 53.7 Å². The van der Waals surface area contributed by atoms with Gasteiger partial charge in [-0.2, -0.15) is 0 Å². The summed E-state index contributed by atoms with van der Waals surface area (Å²) in [5.74, 6) is -0.418. The number of carbonyl (C=O) groups is 2. The van der Waals surface area contributed by atoms with Gasteiger partial charge in [0, 0.05) is 30.2 Å². The van der Waals surface area contributed by atoms with Crippen molar-refractivity contribution in [1.29, 1.82) is 0 Å². The number of hydrogen-bond acceptors (Lipinski definition) is 4. The molecule has 0 saturated heterocycles. The molecule has 7 heteroatoms. The fourth-order valence-corrected chi connectivity index (χ4v) is 4.04. The van der Waals surface area contributed by atoms with Crippen molar-refractivity contribution in [2.45, 2.75) is 11.3 Å². The van der Waals surface area contributed by atoms with Crippen molar-refractivity contribution < 1.29 is 14.3 Å². The molecular weight excluding hydrogens is 396 g/mol. The molecule has 0 aliphatic carbocycles. The minimum absolute atomic E-state index is 0.0384. The van der Waals surface area contributed by atoms with E-state index >= 15 is 0 Å². The summed E-state index contributed by atoms with van der Waals surface area (Å²) in [7, 11) is 1.62. The molecule has 2 amide bonds. The quantitative estimate of drug-likeness (QED) is 0.548. The van der Waals surface area contributed by atoms with Crippen molar-refractivity contribution in [3.8, 4) is 0 Å². The average molecular weight is 417 g/mol. The highest BCUT2D eigenvalue weighted by molar-refractivity contribution is 8.04. The number of methoxy groups -OCH3 is 1. The second-order valence-corrected chi connectivity index (χ2v) is 7.68. The molecule has 0 fully saturated rings. The third-order valence-corrected chi connectivity index (χ3v) is 5.59. The number of para-hydroxylation sites is 1. The standard InChI is InChI=1S/C21H21ClN2O3S/c1-27-12-6-11-23-20(25)14-24-17-9-4-5-10-18(17)28-19(21(24)26)13-15-7-2-3-8-16(15)22/h2-5,7-10,13H,6,11-12,14H2,1H3,(H,23,25). The Bertz CT molecular complexity index is 901. The molecule has 0 radical (unpaired) electrons. The first kappa shape index (κ1) is 20.5. The summed E-state index contributed by atoms with van der Waals surface area (Å²) >= 11 is 7.63. The number of rotatable bonds is 7. The molecular formula is C21H21ClN2O3S. The van der Waals surface area contributed by atoms with Crippen molar-refractivity contribution in [3.05, 3.63) is 64.0 Å². The zero-order valence-electron chi connectivity index (χ0n) is 15.5. The molecule has 0 bridgehead atoms. The normalized spacial score (nSPS) is 14.9. The fraction of sp³-hybridized carbons (Fsp3) is 0.238. The minimum atomic E-state index is -0.212. The highest BCUT2D eigenvalue weighted by Crippen LogP contribution is 2.42. The fourth-order valence-electron chi connectivity index (χ4n) is 2.80. The number of fused-ring (bicyclic) bond motifs is 1. The Labute approximate surface area is 173 Å². The van der Waals surface area contributed by atoms with Gasteiger partial charge in [-0.15, -0.1) is 0 Å². The smallest absolute Gasteiger partial charge is 0.265 e. The summed E-state index contributed by atoms with van der Waals surface area (Å²) in [6.45, 7) is 1.05. The van der Waals surface area contributed by atoms with E-state index < -0.39 is 0 Å². The maximum Gasteiger partial charge on any atom is 0.265 e. The van der Waals surface area contributed by atoms with Crippen LogP contribution in [-0.4, -0.2) is 38.6 Å². The topological polar surface area (TPSA) is 58.6 Å². The van der Waals surface area contributed by atoms with Crippen LogP contribution in [0.4, 0.5) is 5.69 Å². The predicted octanol–water partition coefficient (Wildman–Crippen LogP) is 3.97.